The Bertz CT molecular complexity index is 676. The fourth-order valence-electron chi connectivity index (χ4n) is 1.66. The minimum Gasteiger partial charge on any atom is -0.234 e. The first-order chi connectivity index (χ1) is 8.24. The lowest BCUT2D eigenvalue weighted by atomic mass is 10.2. The molecule has 0 N–H and O–H groups in total. The van der Waals surface area contributed by atoms with E-state index in [4.69, 9.17) is 23.2 Å². The van der Waals surface area contributed by atoms with Gasteiger partial charge >= 0.3 is 0 Å². The van der Waals surface area contributed by atoms with Gasteiger partial charge in [-0.1, -0.05) is 53.5 Å². The number of halogens is 2. The summed E-state index contributed by atoms with van der Waals surface area (Å²) >= 11 is 13.7. The summed E-state index contributed by atoms with van der Waals surface area (Å²) in [6.07, 6.45) is 0. The van der Waals surface area contributed by atoms with Crippen molar-refractivity contribution >= 4 is 44.8 Å². The Balaban J connectivity index is 2.24. The van der Waals surface area contributed by atoms with Crippen LogP contribution in [0.3, 0.4) is 0 Å². The minimum absolute atomic E-state index is 0.603. The third-order valence-electron chi connectivity index (χ3n) is 2.43. The normalized spacial score (nSPS) is 10.9. The molecule has 84 valence electrons. The highest BCUT2D eigenvalue weighted by Crippen LogP contribution is 2.35. The highest BCUT2D eigenvalue weighted by Gasteiger charge is 2.09. The van der Waals surface area contributed by atoms with E-state index < -0.39 is 0 Å². The number of benzene rings is 2. The second kappa shape index (κ2) is 4.30. The van der Waals surface area contributed by atoms with E-state index in [1.165, 1.54) is 0 Å². The van der Waals surface area contributed by atoms with E-state index in [0.29, 0.717) is 10.0 Å². The first-order valence-electron chi connectivity index (χ1n) is 5.05. The van der Waals surface area contributed by atoms with Crippen molar-refractivity contribution in [3.63, 3.8) is 0 Å². The van der Waals surface area contributed by atoms with Crippen LogP contribution >= 0.6 is 34.5 Å². The average Bonchev–Trinajstić information content (AvgIpc) is 2.74. The van der Waals surface area contributed by atoms with Gasteiger partial charge in [-0.2, -0.15) is 0 Å². The predicted octanol–water partition coefficient (Wildman–Crippen LogP) is 5.27. The van der Waals surface area contributed by atoms with Crippen LogP contribution in [0.5, 0.6) is 0 Å². The van der Waals surface area contributed by atoms with E-state index in [0.717, 1.165) is 20.8 Å². The van der Waals surface area contributed by atoms with Crippen LogP contribution in [-0.2, 0) is 0 Å². The van der Waals surface area contributed by atoms with Crippen molar-refractivity contribution in [2.24, 2.45) is 0 Å². The minimum atomic E-state index is 0.603. The SMILES string of the molecule is Clc1cc(Cl)c2nc(-c3ccccc3)sc2c1. The van der Waals surface area contributed by atoms with Gasteiger partial charge in [-0.05, 0) is 12.1 Å². The molecule has 0 atom stereocenters. The van der Waals surface area contributed by atoms with Gasteiger partial charge in [-0.25, -0.2) is 4.98 Å². The third-order valence-corrected chi connectivity index (χ3v) is 3.99. The second-order valence-electron chi connectivity index (χ2n) is 3.62. The van der Waals surface area contributed by atoms with Crippen LogP contribution < -0.4 is 0 Å². The van der Waals surface area contributed by atoms with Crippen LogP contribution in [0.1, 0.15) is 0 Å². The maximum absolute atomic E-state index is 6.12. The zero-order valence-corrected chi connectivity index (χ0v) is 11.0. The molecule has 0 aliphatic carbocycles. The molecule has 0 aliphatic heterocycles. The average molecular weight is 280 g/mol. The van der Waals surface area contributed by atoms with Crippen molar-refractivity contribution in [3.05, 3.63) is 52.5 Å². The smallest absolute Gasteiger partial charge is 0.124 e. The molecule has 17 heavy (non-hydrogen) atoms. The lowest BCUT2D eigenvalue weighted by molar-refractivity contribution is 1.48. The zero-order chi connectivity index (χ0) is 11.8. The van der Waals surface area contributed by atoms with Crippen LogP contribution in [0, 0.1) is 0 Å². The molecule has 0 aliphatic rings. The molecule has 2 aromatic carbocycles. The topological polar surface area (TPSA) is 12.9 Å². The van der Waals surface area contributed by atoms with Crippen molar-refractivity contribution < 1.29 is 0 Å². The van der Waals surface area contributed by atoms with Crippen molar-refractivity contribution in [3.8, 4) is 10.6 Å². The van der Waals surface area contributed by atoms with Gasteiger partial charge in [0.15, 0.2) is 0 Å². The number of hydrogen-bond acceptors (Lipinski definition) is 2. The molecule has 4 heteroatoms. The van der Waals surface area contributed by atoms with Gasteiger partial charge < -0.3 is 0 Å². The Hall–Kier alpha value is -1.09. The molecular weight excluding hydrogens is 273 g/mol. The lowest BCUT2D eigenvalue weighted by Crippen LogP contribution is -1.75. The number of thiazole rings is 1. The molecule has 1 heterocycles. The van der Waals surface area contributed by atoms with E-state index in [9.17, 15) is 0 Å². The van der Waals surface area contributed by atoms with Gasteiger partial charge in [0.1, 0.15) is 10.5 Å². The molecule has 0 bridgehead atoms. The second-order valence-corrected chi connectivity index (χ2v) is 5.49. The maximum atomic E-state index is 6.12. The van der Waals surface area contributed by atoms with Crippen molar-refractivity contribution in [1.82, 2.24) is 4.98 Å². The van der Waals surface area contributed by atoms with E-state index >= 15 is 0 Å². The maximum Gasteiger partial charge on any atom is 0.124 e. The summed E-state index contributed by atoms with van der Waals surface area (Å²) in [5.41, 5.74) is 1.92. The van der Waals surface area contributed by atoms with Crippen LogP contribution in [0.15, 0.2) is 42.5 Å². The molecule has 0 radical (unpaired) electrons. The molecule has 0 saturated heterocycles. The molecule has 0 fully saturated rings. The molecule has 1 aromatic heterocycles. The highest BCUT2D eigenvalue weighted by molar-refractivity contribution is 7.21. The molecule has 0 spiro atoms. The van der Waals surface area contributed by atoms with Crippen molar-refractivity contribution in [2.45, 2.75) is 0 Å². The van der Waals surface area contributed by atoms with Gasteiger partial charge in [-0.3, -0.25) is 0 Å². The van der Waals surface area contributed by atoms with Gasteiger partial charge in [0.05, 0.1) is 9.72 Å². The summed E-state index contributed by atoms with van der Waals surface area (Å²) in [6, 6.07) is 13.7. The summed E-state index contributed by atoms with van der Waals surface area (Å²) in [4.78, 5) is 4.55. The van der Waals surface area contributed by atoms with E-state index in [-0.39, 0.29) is 0 Å². The molecule has 3 aromatic rings. The van der Waals surface area contributed by atoms with Gasteiger partial charge in [0.25, 0.3) is 0 Å². The largest absolute Gasteiger partial charge is 0.234 e. The predicted molar refractivity (Wildman–Crippen MR) is 75.1 cm³/mol. The molecule has 0 unspecified atom stereocenters. The van der Waals surface area contributed by atoms with E-state index in [1.54, 1.807) is 17.4 Å². The summed E-state index contributed by atoms with van der Waals surface area (Å²) in [5.74, 6) is 0. The third kappa shape index (κ3) is 2.04. The van der Waals surface area contributed by atoms with Crippen LogP contribution in [0.2, 0.25) is 10.0 Å². The molecule has 3 rings (SSSR count). The van der Waals surface area contributed by atoms with E-state index in [1.807, 2.05) is 36.4 Å². The number of aromatic nitrogens is 1. The summed E-state index contributed by atoms with van der Waals surface area (Å²) in [7, 11) is 0. The molecule has 1 nitrogen and oxygen atoms in total. The Labute approximate surface area is 113 Å². The molecule has 0 amide bonds. The number of fused-ring (bicyclic) bond motifs is 1. The van der Waals surface area contributed by atoms with Crippen LogP contribution in [0.25, 0.3) is 20.8 Å². The lowest BCUT2D eigenvalue weighted by Gasteiger charge is -1.93. The van der Waals surface area contributed by atoms with E-state index in [2.05, 4.69) is 4.98 Å². The summed E-state index contributed by atoms with van der Waals surface area (Å²) in [6.45, 7) is 0. The fraction of sp³-hybridized carbons (Fsp3) is 0. The number of nitrogens with zero attached hydrogens (tertiary/aromatic N) is 1. The van der Waals surface area contributed by atoms with Crippen molar-refractivity contribution in [1.29, 1.82) is 0 Å². The summed E-state index contributed by atoms with van der Waals surface area (Å²) in [5, 5.41) is 2.21. The Kier molecular flexibility index (Phi) is 2.79. The van der Waals surface area contributed by atoms with Gasteiger partial charge in [0, 0.05) is 10.6 Å². The Morgan fingerprint density at radius 2 is 1.76 bits per heavy atom. The van der Waals surface area contributed by atoms with Gasteiger partial charge in [0.2, 0.25) is 0 Å². The van der Waals surface area contributed by atoms with Gasteiger partial charge in [-0.15, -0.1) is 11.3 Å². The van der Waals surface area contributed by atoms with Crippen LogP contribution in [0.4, 0.5) is 0 Å². The standard InChI is InChI=1S/C13H7Cl2NS/c14-9-6-10(15)12-11(7-9)17-13(16-12)8-4-2-1-3-5-8/h1-7H. The number of hydrogen-bond donors (Lipinski definition) is 0. The summed E-state index contributed by atoms with van der Waals surface area (Å²) < 4.78 is 1.02. The fourth-order valence-corrected chi connectivity index (χ4v) is 3.36. The first kappa shape index (κ1) is 11.0. The highest BCUT2D eigenvalue weighted by atomic mass is 35.5. The first-order valence-corrected chi connectivity index (χ1v) is 6.62. The molecule has 0 saturated carbocycles. The monoisotopic (exact) mass is 279 g/mol. The Morgan fingerprint density at radius 1 is 1.00 bits per heavy atom. The molecular formula is C13H7Cl2NS. The zero-order valence-electron chi connectivity index (χ0n) is 8.65. The number of rotatable bonds is 1. The quantitative estimate of drug-likeness (QED) is 0.591. The Morgan fingerprint density at radius 3 is 2.53 bits per heavy atom. The van der Waals surface area contributed by atoms with Crippen LogP contribution in [-0.4, -0.2) is 4.98 Å². The van der Waals surface area contributed by atoms with Crippen molar-refractivity contribution in [2.75, 3.05) is 0 Å².